The van der Waals surface area contributed by atoms with Crippen LogP contribution in [0.2, 0.25) is 0 Å². The van der Waals surface area contributed by atoms with Gasteiger partial charge in [0, 0.05) is 12.6 Å². The van der Waals surface area contributed by atoms with Crippen molar-refractivity contribution in [3.63, 3.8) is 0 Å². The minimum Gasteiger partial charge on any atom is -0.480 e. The van der Waals surface area contributed by atoms with E-state index in [1.807, 2.05) is 20.8 Å². The number of nitrogens with zero attached hydrogens (tertiary/aromatic N) is 1. The van der Waals surface area contributed by atoms with Gasteiger partial charge in [-0.1, -0.05) is 20.3 Å². The summed E-state index contributed by atoms with van der Waals surface area (Å²) in [5.41, 5.74) is 5.43. The molecule has 3 N–H and O–H groups in total. The summed E-state index contributed by atoms with van der Waals surface area (Å²) in [6.45, 7) is 6.03. The first-order chi connectivity index (χ1) is 8.27. The van der Waals surface area contributed by atoms with Gasteiger partial charge in [0.05, 0.1) is 5.41 Å². The molecule has 2 unspecified atom stereocenters. The Morgan fingerprint density at radius 2 is 2.11 bits per heavy atom. The van der Waals surface area contributed by atoms with Crippen LogP contribution in [0.15, 0.2) is 0 Å². The lowest BCUT2D eigenvalue weighted by Gasteiger charge is -2.34. The number of aliphatic carboxylic acids is 1. The highest BCUT2D eigenvalue weighted by Crippen LogP contribution is 2.38. The molecule has 0 radical (unpaired) electrons. The van der Waals surface area contributed by atoms with Crippen molar-refractivity contribution < 1.29 is 14.7 Å². The van der Waals surface area contributed by atoms with Crippen molar-refractivity contribution in [2.24, 2.45) is 17.1 Å². The lowest BCUT2D eigenvalue weighted by Crippen LogP contribution is -2.51. The molecule has 0 aromatic heterocycles. The normalized spacial score (nSPS) is 27.5. The van der Waals surface area contributed by atoms with Gasteiger partial charge in [0.2, 0.25) is 5.91 Å². The van der Waals surface area contributed by atoms with E-state index in [0.29, 0.717) is 6.54 Å². The Balaban J connectivity index is 2.84. The number of carboxylic acids is 1. The van der Waals surface area contributed by atoms with E-state index < -0.39 is 11.4 Å². The van der Waals surface area contributed by atoms with Crippen molar-refractivity contribution in [1.29, 1.82) is 0 Å². The van der Waals surface area contributed by atoms with Gasteiger partial charge in [-0.05, 0) is 25.7 Å². The Kier molecular flexibility index (Phi) is 4.73. The van der Waals surface area contributed by atoms with Crippen molar-refractivity contribution in [3.8, 4) is 0 Å². The largest absolute Gasteiger partial charge is 0.480 e. The van der Waals surface area contributed by atoms with Gasteiger partial charge in [0.25, 0.3) is 0 Å². The van der Waals surface area contributed by atoms with E-state index in [0.717, 1.165) is 19.3 Å². The van der Waals surface area contributed by atoms with Crippen LogP contribution in [0, 0.1) is 11.3 Å². The Hall–Kier alpha value is -1.10. The van der Waals surface area contributed by atoms with Crippen molar-refractivity contribution in [3.05, 3.63) is 0 Å². The highest BCUT2D eigenvalue weighted by atomic mass is 16.4. The highest BCUT2D eigenvalue weighted by Gasteiger charge is 2.45. The summed E-state index contributed by atoms with van der Waals surface area (Å²) in [5, 5.41) is 8.91. The number of carboxylic acid groups (broad SMARTS) is 1. The number of rotatable bonds is 5. The lowest BCUT2D eigenvalue weighted by molar-refractivity contribution is -0.150. The fraction of sp³-hybridized carbons (Fsp3) is 0.846. The molecule has 5 nitrogen and oxygen atoms in total. The zero-order chi connectivity index (χ0) is 13.9. The van der Waals surface area contributed by atoms with Crippen LogP contribution < -0.4 is 5.73 Å². The smallest absolute Gasteiger partial charge is 0.323 e. The first kappa shape index (κ1) is 15.0. The molecule has 0 heterocycles. The summed E-state index contributed by atoms with van der Waals surface area (Å²) in [6, 6.07) is -0.159. The predicted octanol–water partition coefficient (Wildman–Crippen LogP) is 1.07. The molecule has 0 aromatic carbocycles. The van der Waals surface area contributed by atoms with Gasteiger partial charge in [0.1, 0.15) is 6.54 Å². The van der Waals surface area contributed by atoms with E-state index in [9.17, 15) is 9.59 Å². The topological polar surface area (TPSA) is 83.6 Å². The lowest BCUT2D eigenvalue weighted by atomic mass is 9.83. The van der Waals surface area contributed by atoms with Gasteiger partial charge in [-0.2, -0.15) is 0 Å². The van der Waals surface area contributed by atoms with Crippen LogP contribution in [-0.2, 0) is 9.59 Å². The third kappa shape index (κ3) is 3.22. The molecule has 18 heavy (non-hydrogen) atoms. The Morgan fingerprint density at radius 3 is 2.50 bits per heavy atom. The maximum Gasteiger partial charge on any atom is 0.323 e. The molecule has 1 fully saturated rings. The van der Waals surface area contributed by atoms with E-state index in [2.05, 4.69) is 0 Å². The third-order valence-corrected chi connectivity index (χ3v) is 3.72. The van der Waals surface area contributed by atoms with Gasteiger partial charge < -0.3 is 15.7 Å². The standard InChI is InChI=1S/C13H24N2O3/c1-9(2)7-15(8-11(16)17)12(18)13(3)6-4-5-10(13)14/h9-10H,4-8,14H2,1-3H3,(H,16,17). The van der Waals surface area contributed by atoms with E-state index in [4.69, 9.17) is 10.8 Å². The third-order valence-electron chi connectivity index (χ3n) is 3.72. The van der Waals surface area contributed by atoms with Crippen LogP contribution >= 0.6 is 0 Å². The van der Waals surface area contributed by atoms with Gasteiger partial charge >= 0.3 is 5.97 Å². The molecule has 1 rings (SSSR count). The molecule has 5 heteroatoms. The molecule has 0 spiro atoms. The summed E-state index contributed by atoms with van der Waals surface area (Å²) in [5.74, 6) is -0.836. The van der Waals surface area contributed by atoms with Crippen molar-refractivity contribution in [2.45, 2.75) is 46.1 Å². The molecule has 1 aliphatic carbocycles. The van der Waals surface area contributed by atoms with Crippen LogP contribution in [0.3, 0.4) is 0 Å². The average Bonchev–Trinajstić information content (AvgIpc) is 2.57. The van der Waals surface area contributed by atoms with Crippen molar-refractivity contribution in [1.82, 2.24) is 4.90 Å². The number of carbonyl (C=O) groups excluding carboxylic acids is 1. The SMILES string of the molecule is CC(C)CN(CC(=O)O)C(=O)C1(C)CCCC1N. The van der Waals surface area contributed by atoms with E-state index in [1.54, 1.807) is 0 Å². The number of hydrogen-bond acceptors (Lipinski definition) is 3. The molecule has 1 saturated carbocycles. The van der Waals surface area contributed by atoms with Crippen LogP contribution in [0.1, 0.15) is 40.0 Å². The molecule has 1 amide bonds. The van der Waals surface area contributed by atoms with Gasteiger partial charge in [-0.25, -0.2) is 0 Å². The van der Waals surface area contributed by atoms with E-state index in [1.165, 1.54) is 4.90 Å². The van der Waals surface area contributed by atoms with Crippen molar-refractivity contribution in [2.75, 3.05) is 13.1 Å². The van der Waals surface area contributed by atoms with Crippen molar-refractivity contribution >= 4 is 11.9 Å². The Bertz CT molecular complexity index is 330. The minimum absolute atomic E-state index is 0.108. The molecule has 1 aliphatic rings. The first-order valence-electron chi connectivity index (χ1n) is 6.54. The summed E-state index contributed by atoms with van der Waals surface area (Å²) in [4.78, 5) is 24.8. The molecule has 0 bridgehead atoms. The summed E-state index contributed by atoms with van der Waals surface area (Å²) >= 11 is 0. The van der Waals surface area contributed by atoms with Crippen LogP contribution in [0.4, 0.5) is 0 Å². The van der Waals surface area contributed by atoms with E-state index >= 15 is 0 Å². The van der Waals surface area contributed by atoms with Gasteiger partial charge in [0.15, 0.2) is 0 Å². The molecule has 0 aromatic rings. The number of nitrogens with two attached hydrogens (primary N) is 1. The zero-order valence-electron chi connectivity index (χ0n) is 11.5. The highest BCUT2D eigenvalue weighted by molar-refractivity contribution is 5.86. The summed E-state index contributed by atoms with van der Waals surface area (Å²) < 4.78 is 0. The average molecular weight is 256 g/mol. The fourth-order valence-electron chi connectivity index (χ4n) is 2.64. The van der Waals surface area contributed by atoms with Gasteiger partial charge in [-0.3, -0.25) is 9.59 Å². The van der Waals surface area contributed by atoms with E-state index in [-0.39, 0.29) is 24.4 Å². The molecule has 0 saturated heterocycles. The molecule has 2 atom stereocenters. The van der Waals surface area contributed by atoms with Crippen LogP contribution in [0.25, 0.3) is 0 Å². The Morgan fingerprint density at radius 1 is 1.50 bits per heavy atom. The Labute approximate surface area is 108 Å². The second-order valence-corrected chi connectivity index (χ2v) is 5.89. The number of carbonyl (C=O) groups is 2. The quantitative estimate of drug-likeness (QED) is 0.770. The molecule has 0 aliphatic heterocycles. The maximum atomic E-state index is 12.5. The summed E-state index contributed by atoms with van der Waals surface area (Å²) in [7, 11) is 0. The molecular formula is C13H24N2O3. The zero-order valence-corrected chi connectivity index (χ0v) is 11.5. The maximum absolute atomic E-state index is 12.5. The second kappa shape index (κ2) is 5.69. The molecule has 104 valence electrons. The second-order valence-electron chi connectivity index (χ2n) is 5.89. The monoisotopic (exact) mass is 256 g/mol. The predicted molar refractivity (Wildman–Crippen MR) is 69.0 cm³/mol. The minimum atomic E-state index is -0.973. The van der Waals surface area contributed by atoms with Crippen LogP contribution in [0.5, 0.6) is 0 Å². The number of amides is 1. The molecular weight excluding hydrogens is 232 g/mol. The first-order valence-corrected chi connectivity index (χ1v) is 6.54. The summed E-state index contributed by atoms with van der Waals surface area (Å²) in [6.07, 6.45) is 2.53. The van der Waals surface area contributed by atoms with Crippen LogP contribution in [-0.4, -0.2) is 41.0 Å². The number of hydrogen-bond donors (Lipinski definition) is 2. The fourth-order valence-corrected chi connectivity index (χ4v) is 2.64. The van der Waals surface area contributed by atoms with Gasteiger partial charge in [-0.15, -0.1) is 0 Å².